The molecule has 7 heteroatoms. The Morgan fingerprint density at radius 2 is 1.92 bits per heavy atom. The summed E-state index contributed by atoms with van der Waals surface area (Å²) >= 11 is 0. The van der Waals surface area contributed by atoms with Crippen LogP contribution in [0, 0.1) is 6.92 Å². The largest absolute Gasteiger partial charge is 0.497 e. The number of hydrogen-bond acceptors (Lipinski definition) is 5. The highest BCUT2D eigenvalue weighted by Crippen LogP contribution is 2.30. The Morgan fingerprint density at radius 1 is 1.16 bits per heavy atom. The number of aryl methyl sites for hydroxylation is 1. The average Bonchev–Trinajstić information content (AvgIpc) is 3.01. The Bertz CT molecular complexity index is 963. The third-order valence-electron chi connectivity index (χ3n) is 3.66. The van der Waals surface area contributed by atoms with E-state index in [1.165, 1.54) is 6.20 Å². The molecule has 130 valence electrons. The molecular formula is C18H18N2O4S. The van der Waals surface area contributed by atoms with E-state index in [0.29, 0.717) is 16.9 Å². The van der Waals surface area contributed by atoms with Crippen LogP contribution in [0.2, 0.25) is 0 Å². The lowest BCUT2D eigenvalue weighted by molar-refractivity contribution is 0.415. The van der Waals surface area contributed by atoms with Crippen LogP contribution in [0.5, 0.6) is 5.75 Å². The molecule has 1 N–H and O–H groups in total. The van der Waals surface area contributed by atoms with E-state index in [0.717, 1.165) is 11.1 Å². The first-order chi connectivity index (χ1) is 12.0. The highest BCUT2D eigenvalue weighted by atomic mass is 32.2. The van der Waals surface area contributed by atoms with Gasteiger partial charge in [-0.05, 0) is 30.2 Å². The van der Waals surface area contributed by atoms with Crippen LogP contribution in [0.1, 0.15) is 11.1 Å². The first kappa shape index (κ1) is 17.0. The Balaban J connectivity index is 1.82. The molecule has 0 amide bonds. The zero-order valence-corrected chi connectivity index (χ0v) is 14.7. The van der Waals surface area contributed by atoms with Gasteiger partial charge < -0.3 is 9.26 Å². The summed E-state index contributed by atoms with van der Waals surface area (Å²) in [6.45, 7) is 1.92. The molecular weight excluding hydrogens is 340 g/mol. The molecule has 2 aromatic carbocycles. The third kappa shape index (κ3) is 4.19. The van der Waals surface area contributed by atoms with Crippen LogP contribution in [-0.2, 0) is 15.8 Å². The number of anilines is 1. The molecule has 1 aromatic heterocycles. The number of aromatic nitrogens is 1. The second-order valence-corrected chi connectivity index (χ2v) is 7.37. The first-order valence-electron chi connectivity index (χ1n) is 7.62. The zero-order chi connectivity index (χ0) is 17.9. The van der Waals surface area contributed by atoms with Gasteiger partial charge in [0.05, 0.1) is 24.6 Å². The van der Waals surface area contributed by atoms with Crippen molar-refractivity contribution in [2.45, 2.75) is 12.7 Å². The summed E-state index contributed by atoms with van der Waals surface area (Å²) in [7, 11) is -2.04. The van der Waals surface area contributed by atoms with E-state index >= 15 is 0 Å². The van der Waals surface area contributed by atoms with Crippen molar-refractivity contribution in [2.75, 3.05) is 11.8 Å². The summed E-state index contributed by atoms with van der Waals surface area (Å²) in [4.78, 5) is 0. The maximum Gasteiger partial charge on any atom is 0.245 e. The van der Waals surface area contributed by atoms with E-state index in [4.69, 9.17) is 9.26 Å². The van der Waals surface area contributed by atoms with Crippen LogP contribution in [-0.4, -0.2) is 20.7 Å². The first-order valence-corrected chi connectivity index (χ1v) is 9.27. The molecule has 0 spiro atoms. The molecule has 0 saturated carbocycles. The Morgan fingerprint density at radius 3 is 2.60 bits per heavy atom. The van der Waals surface area contributed by atoms with Gasteiger partial charge in [-0.1, -0.05) is 47.1 Å². The van der Waals surface area contributed by atoms with Crippen LogP contribution < -0.4 is 9.46 Å². The molecule has 25 heavy (non-hydrogen) atoms. The normalized spacial score (nSPS) is 11.3. The van der Waals surface area contributed by atoms with E-state index in [-0.39, 0.29) is 11.6 Å². The van der Waals surface area contributed by atoms with Gasteiger partial charge in [0.15, 0.2) is 0 Å². The fourth-order valence-corrected chi connectivity index (χ4v) is 3.61. The lowest BCUT2D eigenvalue weighted by Crippen LogP contribution is -2.15. The fourth-order valence-electron chi connectivity index (χ4n) is 2.49. The molecule has 3 rings (SSSR count). The van der Waals surface area contributed by atoms with Gasteiger partial charge in [0.2, 0.25) is 15.9 Å². The number of hydrogen-bond donors (Lipinski definition) is 1. The number of ether oxygens (including phenoxy) is 1. The van der Waals surface area contributed by atoms with Crippen molar-refractivity contribution in [2.24, 2.45) is 0 Å². The van der Waals surface area contributed by atoms with Crippen LogP contribution in [0.4, 0.5) is 5.88 Å². The Labute approximate surface area is 146 Å². The number of benzene rings is 2. The highest BCUT2D eigenvalue weighted by molar-refractivity contribution is 7.91. The van der Waals surface area contributed by atoms with Gasteiger partial charge in [0.25, 0.3) is 0 Å². The average molecular weight is 358 g/mol. The lowest BCUT2D eigenvalue weighted by atomic mass is 10.1. The second kappa shape index (κ2) is 6.98. The predicted octanol–water partition coefficient (Wildman–Crippen LogP) is 3.60. The smallest absolute Gasteiger partial charge is 0.245 e. The van der Waals surface area contributed by atoms with Gasteiger partial charge in [-0.15, -0.1) is 0 Å². The molecule has 0 unspecified atom stereocenters. The molecule has 0 saturated heterocycles. The number of nitrogens with zero attached hydrogens (tertiary/aromatic N) is 1. The SMILES string of the molecule is COc1ccc(-c2cnoc2NS(=O)(=O)Cc2cccc(C)c2)cc1. The van der Waals surface area contributed by atoms with Gasteiger partial charge in [0.1, 0.15) is 5.75 Å². The quantitative estimate of drug-likeness (QED) is 0.728. The van der Waals surface area contributed by atoms with Crippen molar-refractivity contribution in [1.82, 2.24) is 5.16 Å². The van der Waals surface area contributed by atoms with Crippen molar-refractivity contribution in [3.05, 3.63) is 65.9 Å². The number of methoxy groups -OCH3 is 1. The summed E-state index contributed by atoms with van der Waals surface area (Å²) in [6, 6.07) is 14.5. The standard InChI is InChI=1S/C18H18N2O4S/c1-13-4-3-5-14(10-13)12-25(21,22)20-18-17(11-19-24-18)15-6-8-16(23-2)9-7-15/h3-11,20H,12H2,1-2H3. The Kier molecular flexibility index (Phi) is 4.76. The van der Waals surface area contributed by atoms with E-state index in [2.05, 4.69) is 9.88 Å². The fraction of sp³-hybridized carbons (Fsp3) is 0.167. The maximum absolute atomic E-state index is 12.4. The van der Waals surface area contributed by atoms with Gasteiger partial charge in [0, 0.05) is 0 Å². The second-order valence-electron chi connectivity index (χ2n) is 5.65. The highest BCUT2D eigenvalue weighted by Gasteiger charge is 2.18. The van der Waals surface area contributed by atoms with Crippen molar-refractivity contribution in [3.63, 3.8) is 0 Å². The molecule has 1 heterocycles. The minimum atomic E-state index is -3.63. The topological polar surface area (TPSA) is 81.4 Å². The molecule has 3 aromatic rings. The molecule has 0 bridgehead atoms. The summed E-state index contributed by atoms with van der Waals surface area (Å²) in [6.07, 6.45) is 1.48. The maximum atomic E-state index is 12.4. The molecule has 0 radical (unpaired) electrons. The van der Waals surface area contributed by atoms with Gasteiger partial charge >= 0.3 is 0 Å². The lowest BCUT2D eigenvalue weighted by Gasteiger charge is -2.08. The van der Waals surface area contributed by atoms with Gasteiger partial charge in [-0.3, -0.25) is 4.72 Å². The van der Waals surface area contributed by atoms with Crippen LogP contribution >= 0.6 is 0 Å². The molecule has 0 aliphatic carbocycles. The van der Waals surface area contributed by atoms with E-state index in [1.807, 2.05) is 37.3 Å². The summed E-state index contributed by atoms with van der Waals surface area (Å²) in [5.74, 6) is 0.664. The van der Waals surface area contributed by atoms with E-state index in [1.54, 1.807) is 25.3 Å². The van der Waals surface area contributed by atoms with Crippen molar-refractivity contribution >= 4 is 15.9 Å². The van der Waals surface area contributed by atoms with Crippen LogP contribution in [0.15, 0.2) is 59.3 Å². The molecule has 0 atom stereocenters. The Hall–Kier alpha value is -2.80. The number of sulfonamides is 1. The van der Waals surface area contributed by atoms with Crippen molar-refractivity contribution in [1.29, 1.82) is 0 Å². The van der Waals surface area contributed by atoms with Crippen molar-refractivity contribution < 1.29 is 17.7 Å². The number of nitrogens with one attached hydrogen (secondary N) is 1. The third-order valence-corrected chi connectivity index (χ3v) is 4.87. The molecule has 0 aliphatic rings. The van der Waals surface area contributed by atoms with Crippen LogP contribution in [0.3, 0.4) is 0 Å². The van der Waals surface area contributed by atoms with E-state index in [9.17, 15) is 8.42 Å². The predicted molar refractivity (Wildman–Crippen MR) is 95.9 cm³/mol. The molecule has 0 fully saturated rings. The summed E-state index contributed by atoms with van der Waals surface area (Å²) < 4.78 is 37.6. The monoisotopic (exact) mass is 358 g/mol. The van der Waals surface area contributed by atoms with E-state index < -0.39 is 10.0 Å². The molecule has 6 nitrogen and oxygen atoms in total. The van der Waals surface area contributed by atoms with Gasteiger partial charge in [-0.25, -0.2) is 8.42 Å². The van der Waals surface area contributed by atoms with Gasteiger partial charge in [-0.2, -0.15) is 0 Å². The zero-order valence-electron chi connectivity index (χ0n) is 13.9. The summed E-state index contributed by atoms with van der Waals surface area (Å²) in [5.41, 5.74) is 3.05. The minimum Gasteiger partial charge on any atom is -0.497 e. The summed E-state index contributed by atoms with van der Waals surface area (Å²) in [5, 5.41) is 3.71. The minimum absolute atomic E-state index is 0.0952. The molecule has 0 aliphatic heterocycles. The van der Waals surface area contributed by atoms with Crippen molar-refractivity contribution in [3.8, 4) is 16.9 Å². The number of rotatable bonds is 6. The van der Waals surface area contributed by atoms with Crippen LogP contribution in [0.25, 0.3) is 11.1 Å².